The van der Waals surface area contributed by atoms with Crippen molar-refractivity contribution in [1.29, 1.82) is 5.26 Å². The zero-order chi connectivity index (χ0) is 13.6. The average Bonchev–Trinajstić information content (AvgIpc) is 2.38. The first-order valence-electron chi connectivity index (χ1n) is 5.21. The van der Waals surface area contributed by atoms with E-state index in [-0.39, 0.29) is 22.9 Å². The SMILES string of the molecule is CCS(=O)CCNS(=O)(=O)c1cccnc1C#N. The Morgan fingerprint density at radius 1 is 1.56 bits per heavy atom. The Bertz CT molecular complexity index is 578. The van der Waals surface area contributed by atoms with Gasteiger partial charge in [0.1, 0.15) is 11.0 Å². The van der Waals surface area contributed by atoms with Crippen LogP contribution < -0.4 is 4.72 Å². The Morgan fingerprint density at radius 2 is 2.28 bits per heavy atom. The molecule has 1 unspecified atom stereocenters. The van der Waals surface area contributed by atoms with E-state index >= 15 is 0 Å². The van der Waals surface area contributed by atoms with Gasteiger partial charge in [0.25, 0.3) is 0 Å². The average molecular weight is 287 g/mol. The molecule has 6 nitrogen and oxygen atoms in total. The number of nitriles is 1. The topological polar surface area (TPSA) is 99.9 Å². The van der Waals surface area contributed by atoms with Crippen molar-refractivity contribution in [2.24, 2.45) is 0 Å². The summed E-state index contributed by atoms with van der Waals surface area (Å²) in [4.78, 5) is 3.52. The minimum absolute atomic E-state index is 0.0720. The summed E-state index contributed by atoms with van der Waals surface area (Å²) in [6, 6.07) is 4.48. The molecule has 0 bridgehead atoms. The first kappa shape index (κ1) is 14.8. The van der Waals surface area contributed by atoms with E-state index in [4.69, 9.17) is 5.26 Å². The lowest BCUT2D eigenvalue weighted by atomic mass is 10.4. The normalized spacial score (nSPS) is 12.9. The molecule has 0 aliphatic rings. The summed E-state index contributed by atoms with van der Waals surface area (Å²) in [6.45, 7) is 1.84. The molecule has 0 amide bonds. The van der Waals surface area contributed by atoms with Gasteiger partial charge in [0, 0.05) is 35.0 Å². The van der Waals surface area contributed by atoms with Crippen molar-refractivity contribution in [3.8, 4) is 6.07 Å². The van der Waals surface area contributed by atoms with Crippen LogP contribution >= 0.6 is 0 Å². The lowest BCUT2D eigenvalue weighted by Crippen LogP contribution is -2.29. The number of hydrogen-bond donors (Lipinski definition) is 1. The molecule has 0 saturated heterocycles. The van der Waals surface area contributed by atoms with Crippen molar-refractivity contribution in [1.82, 2.24) is 9.71 Å². The highest BCUT2D eigenvalue weighted by Crippen LogP contribution is 2.11. The first-order chi connectivity index (χ1) is 8.51. The molecule has 0 saturated carbocycles. The molecular weight excluding hydrogens is 274 g/mol. The van der Waals surface area contributed by atoms with Crippen molar-refractivity contribution in [3.05, 3.63) is 24.0 Å². The van der Waals surface area contributed by atoms with Gasteiger partial charge in [-0.3, -0.25) is 4.21 Å². The fraction of sp³-hybridized carbons (Fsp3) is 0.400. The van der Waals surface area contributed by atoms with Crippen LogP contribution in [0, 0.1) is 11.3 Å². The summed E-state index contributed by atoms with van der Waals surface area (Å²) in [5.74, 6) is 0.732. The summed E-state index contributed by atoms with van der Waals surface area (Å²) in [5.41, 5.74) is -0.151. The van der Waals surface area contributed by atoms with Crippen molar-refractivity contribution < 1.29 is 12.6 Å². The molecule has 1 heterocycles. The molecular formula is C10H13N3O3S2. The van der Waals surface area contributed by atoms with Crippen molar-refractivity contribution in [3.63, 3.8) is 0 Å². The molecule has 1 aromatic rings. The molecule has 0 radical (unpaired) electrons. The van der Waals surface area contributed by atoms with Crippen molar-refractivity contribution in [2.45, 2.75) is 11.8 Å². The number of rotatable bonds is 6. The van der Waals surface area contributed by atoms with Crippen LogP contribution in [0.25, 0.3) is 0 Å². The summed E-state index contributed by atoms with van der Waals surface area (Å²) in [7, 11) is -4.81. The van der Waals surface area contributed by atoms with E-state index in [0.29, 0.717) is 5.75 Å². The minimum Gasteiger partial charge on any atom is -0.260 e. The Kier molecular flexibility index (Phi) is 5.40. The van der Waals surface area contributed by atoms with Crippen LogP contribution in [0.15, 0.2) is 23.2 Å². The predicted molar refractivity (Wildman–Crippen MR) is 67.7 cm³/mol. The highest BCUT2D eigenvalue weighted by Gasteiger charge is 2.18. The number of pyridine rings is 1. The van der Waals surface area contributed by atoms with Gasteiger partial charge in [0.15, 0.2) is 5.69 Å². The third-order valence-electron chi connectivity index (χ3n) is 2.11. The Labute approximate surface area is 109 Å². The quantitative estimate of drug-likeness (QED) is 0.794. The van der Waals surface area contributed by atoms with E-state index in [2.05, 4.69) is 9.71 Å². The van der Waals surface area contributed by atoms with Gasteiger partial charge in [-0.25, -0.2) is 18.1 Å². The van der Waals surface area contributed by atoms with Crippen LogP contribution in [0.5, 0.6) is 0 Å². The third-order valence-corrected chi connectivity index (χ3v) is 4.91. The molecule has 98 valence electrons. The number of sulfonamides is 1. The Balaban J connectivity index is 2.81. The standard InChI is InChI=1S/C10H13N3O3S2/c1-2-17(14)7-6-13-18(15,16)10-4-3-5-12-9(10)8-11/h3-5,13H,2,6-7H2,1H3. The lowest BCUT2D eigenvalue weighted by Gasteiger charge is -2.06. The smallest absolute Gasteiger partial charge is 0.243 e. The van der Waals surface area contributed by atoms with Crippen LogP contribution in [0.4, 0.5) is 0 Å². The maximum absolute atomic E-state index is 11.9. The number of nitrogens with zero attached hydrogens (tertiary/aromatic N) is 2. The molecule has 1 atom stereocenters. The minimum atomic E-state index is -3.78. The van der Waals surface area contributed by atoms with E-state index in [0.717, 1.165) is 0 Å². The van der Waals surface area contributed by atoms with Crippen LogP contribution in [-0.4, -0.2) is 35.7 Å². The maximum Gasteiger partial charge on any atom is 0.243 e. The van der Waals surface area contributed by atoms with E-state index in [9.17, 15) is 12.6 Å². The molecule has 1 N–H and O–H groups in total. The number of nitrogens with one attached hydrogen (secondary N) is 1. The van der Waals surface area contributed by atoms with Gasteiger partial charge < -0.3 is 0 Å². The van der Waals surface area contributed by atoms with Crippen LogP contribution in [0.3, 0.4) is 0 Å². The Morgan fingerprint density at radius 3 is 2.89 bits per heavy atom. The van der Waals surface area contributed by atoms with E-state index in [1.807, 2.05) is 0 Å². The molecule has 0 aliphatic carbocycles. The van der Waals surface area contributed by atoms with Crippen LogP contribution in [-0.2, 0) is 20.8 Å². The van der Waals surface area contributed by atoms with Gasteiger partial charge in [-0.05, 0) is 12.1 Å². The molecule has 0 aliphatic heterocycles. The molecule has 0 aromatic carbocycles. The lowest BCUT2D eigenvalue weighted by molar-refractivity contribution is 0.583. The molecule has 8 heteroatoms. The first-order valence-corrected chi connectivity index (χ1v) is 8.18. The summed E-state index contributed by atoms with van der Waals surface area (Å²) < 4.78 is 37.2. The summed E-state index contributed by atoms with van der Waals surface area (Å²) >= 11 is 0. The van der Waals surface area contributed by atoms with Gasteiger partial charge in [-0.2, -0.15) is 5.26 Å². The highest BCUT2D eigenvalue weighted by atomic mass is 32.2. The second-order valence-electron chi connectivity index (χ2n) is 3.29. The van der Waals surface area contributed by atoms with E-state index in [1.54, 1.807) is 13.0 Å². The van der Waals surface area contributed by atoms with Crippen LogP contribution in [0.1, 0.15) is 12.6 Å². The van der Waals surface area contributed by atoms with Crippen molar-refractivity contribution in [2.75, 3.05) is 18.1 Å². The summed E-state index contributed by atoms with van der Waals surface area (Å²) in [6.07, 6.45) is 1.35. The largest absolute Gasteiger partial charge is 0.260 e. The highest BCUT2D eigenvalue weighted by molar-refractivity contribution is 7.89. The third kappa shape index (κ3) is 3.87. The second-order valence-corrected chi connectivity index (χ2v) is 6.89. The van der Waals surface area contributed by atoms with Gasteiger partial charge in [-0.15, -0.1) is 0 Å². The zero-order valence-electron chi connectivity index (χ0n) is 9.79. The van der Waals surface area contributed by atoms with Gasteiger partial charge in [-0.1, -0.05) is 6.92 Å². The fourth-order valence-corrected chi connectivity index (χ4v) is 3.09. The van der Waals surface area contributed by atoms with Gasteiger partial charge in [0.05, 0.1) is 0 Å². The summed E-state index contributed by atoms with van der Waals surface area (Å²) in [5, 5.41) is 8.78. The van der Waals surface area contributed by atoms with E-state index < -0.39 is 20.8 Å². The molecule has 1 rings (SSSR count). The van der Waals surface area contributed by atoms with E-state index in [1.165, 1.54) is 18.3 Å². The Hall–Kier alpha value is -1.30. The number of hydrogen-bond acceptors (Lipinski definition) is 5. The van der Waals surface area contributed by atoms with Crippen molar-refractivity contribution >= 4 is 20.8 Å². The molecule has 0 spiro atoms. The predicted octanol–water partition coefficient (Wildman–Crippen LogP) is 0.000180. The van der Waals surface area contributed by atoms with Crippen LogP contribution in [0.2, 0.25) is 0 Å². The molecule has 1 aromatic heterocycles. The molecule has 18 heavy (non-hydrogen) atoms. The van der Waals surface area contributed by atoms with Gasteiger partial charge in [0.2, 0.25) is 10.0 Å². The fourth-order valence-electron chi connectivity index (χ4n) is 1.20. The van der Waals surface area contributed by atoms with Gasteiger partial charge >= 0.3 is 0 Å². The number of aromatic nitrogens is 1. The second kappa shape index (κ2) is 6.58. The maximum atomic E-state index is 11.9. The molecule has 0 fully saturated rings. The monoisotopic (exact) mass is 287 g/mol. The zero-order valence-corrected chi connectivity index (χ0v) is 11.4.